The first-order valence-electron chi connectivity index (χ1n) is 18.4. The predicted molar refractivity (Wildman–Crippen MR) is 234 cm³/mol. The number of hydrogen-bond acceptors (Lipinski definition) is 10. The Morgan fingerprint density at radius 2 is 1.57 bits per heavy atom. The van der Waals surface area contributed by atoms with Gasteiger partial charge in [0.1, 0.15) is 29.6 Å². The fourth-order valence-electron chi connectivity index (χ4n) is 7.87. The highest BCUT2D eigenvalue weighted by atomic mass is 32.2. The first-order valence-corrected chi connectivity index (χ1v) is 22.5. The molecule has 2 unspecified atom stereocenters. The lowest BCUT2D eigenvalue weighted by Gasteiger charge is -2.27. The smallest absolute Gasteiger partial charge is 0.323 e. The molecule has 2 aromatic heterocycles. The Kier molecular flexibility index (Phi) is 10.8. The number of aliphatic carboxylic acids is 1. The molecule has 2 atom stereocenters. The summed E-state index contributed by atoms with van der Waals surface area (Å²) in [5.41, 5.74) is 5.81. The number of aromatic nitrogens is 2. The van der Waals surface area contributed by atoms with E-state index in [1.54, 1.807) is 17.8 Å². The van der Waals surface area contributed by atoms with Gasteiger partial charge in [-0.05, 0) is 97.7 Å². The van der Waals surface area contributed by atoms with Crippen molar-refractivity contribution in [3.63, 3.8) is 0 Å². The van der Waals surface area contributed by atoms with E-state index in [0.29, 0.717) is 36.9 Å². The third kappa shape index (κ3) is 6.95. The lowest BCUT2D eigenvalue weighted by atomic mass is 9.96. The van der Waals surface area contributed by atoms with E-state index < -0.39 is 18.1 Å². The molecular weight excluding hydrogens is 801 g/mol. The number of nitrogens with zero attached hydrogens (tertiary/aromatic N) is 4. The average molecular weight is 839 g/mol. The van der Waals surface area contributed by atoms with Gasteiger partial charge in [-0.2, -0.15) is 0 Å². The van der Waals surface area contributed by atoms with Gasteiger partial charge in [-0.15, -0.1) is 34.4 Å². The molecule has 2 aliphatic heterocycles. The van der Waals surface area contributed by atoms with Crippen LogP contribution in [0.25, 0.3) is 23.1 Å². The van der Waals surface area contributed by atoms with Gasteiger partial charge in [0, 0.05) is 41.3 Å². The van der Waals surface area contributed by atoms with Crippen molar-refractivity contribution in [2.45, 2.75) is 63.1 Å². The number of thiazole rings is 2. The number of benzene rings is 3. The molecule has 0 spiro atoms. The summed E-state index contributed by atoms with van der Waals surface area (Å²) in [6, 6.07) is 23.9. The monoisotopic (exact) mass is 838 g/mol. The maximum absolute atomic E-state index is 13.9. The fourth-order valence-corrected chi connectivity index (χ4v) is 12.3. The van der Waals surface area contributed by atoms with E-state index >= 15 is 0 Å². The van der Waals surface area contributed by atoms with Crippen molar-refractivity contribution < 1.29 is 14.7 Å². The molecule has 0 radical (unpaired) electrons. The molecule has 1 aliphatic carbocycles. The number of carbonyl (C=O) groups is 2. The number of carbonyl (C=O) groups excluding carboxylic acids is 1. The predicted octanol–water partition coefficient (Wildman–Crippen LogP) is 7.02. The Labute approximate surface area is 344 Å². The van der Waals surface area contributed by atoms with Crippen LogP contribution in [0.2, 0.25) is 0 Å². The van der Waals surface area contributed by atoms with Crippen molar-refractivity contribution in [1.29, 1.82) is 0 Å². The van der Waals surface area contributed by atoms with Gasteiger partial charge in [0.2, 0.25) is 0 Å². The van der Waals surface area contributed by atoms with Crippen molar-refractivity contribution in [1.82, 2.24) is 14.0 Å². The van der Waals surface area contributed by atoms with E-state index in [2.05, 4.69) is 84.0 Å². The normalized spacial score (nSPS) is 19.8. The number of thiocarbonyl (C=S) groups is 1. The van der Waals surface area contributed by atoms with Crippen LogP contribution in [0.3, 0.4) is 0 Å². The fraction of sp³-hybridized carbons (Fsp3) is 0.262. The maximum Gasteiger partial charge on any atom is 0.323 e. The van der Waals surface area contributed by atoms with Gasteiger partial charge in [0.05, 0.1) is 4.53 Å². The lowest BCUT2D eigenvalue weighted by Crippen LogP contribution is -2.31. The first-order chi connectivity index (χ1) is 27.1. The molecule has 1 saturated carbocycles. The van der Waals surface area contributed by atoms with Crippen molar-refractivity contribution in [3.05, 3.63) is 128 Å². The summed E-state index contributed by atoms with van der Waals surface area (Å²) >= 11 is 10.5. The Morgan fingerprint density at radius 3 is 2.21 bits per heavy atom. The molecule has 9 nitrogen and oxygen atoms in total. The van der Waals surface area contributed by atoms with Crippen LogP contribution < -0.4 is 25.2 Å². The second kappa shape index (κ2) is 15.8. The number of amides is 1. The molecule has 286 valence electrons. The van der Waals surface area contributed by atoms with Crippen molar-refractivity contribution in [2.75, 3.05) is 17.7 Å². The van der Waals surface area contributed by atoms with Gasteiger partial charge in [0.15, 0.2) is 0 Å². The number of thioether (sulfide) groups is 2. The topological polar surface area (TPSA) is 105 Å². The van der Waals surface area contributed by atoms with Crippen molar-refractivity contribution >= 4 is 109 Å². The largest absolute Gasteiger partial charge is 0.480 e. The summed E-state index contributed by atoms with van der Waals surface area (Å²) in [4.78, 5) is 58.6. The van der Waals surface area contributed by atoms with E-state index in [1.807, 2.05) is 19.9 Å². The van der Waals surface area contributed by atoms with Gasteiger partial charge in [0.25, 0.3) is 17.0 Å². The van der Waals surface area contributed by atoms with Crippen LogP contribution in [0.1, 0.15) is 61.3 Å². The SMILES string of the molecule is CCN1C(=O)/C(=c2\s/c(=c3/s/c(=C\c4ccc5c(c4)C4CCCC4N5c4ccc(C=Cc5ccc(SC)cc5)cc4)c(=O)n3CC(=O)O)c(=O)n2CC)SC1=S. The van der Waals surface area contributed by atoms with E-state index in [-0.39, 0.29) is 27.2 Å². The molecule has 1 amide bonds. The number of carboxylic acid groups (broad SMARTS) is 1. The summed E-state index contributed by atoms with van der Waals surface area (Å²) < 4.78 is 4.34. The number of rotatable bonds is 9. The molecule has 56 heavy (non-hydrogen) atoms. The first kappa shape index (κ1) is 38.4. The zero-order valence-corrected chi connectivity index (χ0v) is 35.0. The average Bonchev–Trinajstić information content (AvgIpc) is 4.00. The highest BCUT2D eigenvalue weighted by Gasteiger charge is 2.42. The minimum atomic E-state index is -1.19. The molecule has 8 rings (SSSR count). The quantitative estimate of drug-likeness (QED) is 0.0954. The minimum absolute atomic E-state index is 0.219. The molecule has 2 fully saturated rings. The Morgan fingerprint density at radius 1 is 0.875 bits per heavy atom. The number of carboxylic acids is 1. The lowest BCUT2D eigenvalue weighted by molar-refractivity contribution is -0.137. The van der Waals surface area contributed by atoms with Gasteiger partial charge < -0.3 is 10.0 Å². The van der Waals surface area contributed by atoms with E-state index in [9.17, 15) is 24.3 Å². The zero-order valence-electron chi connectivity index (χ0n) is 30.9. The van der Waals surface area contributed by atoms with E-state index in [4.69, 9.17) is 12.2 Å². The van der Waals surface area contributed by atoms with Gasteiger partial charge >= 0.3 is 5.97 Å². The molecule has 3 aliphatic rings. The number of anilines is 2. The molecule has 14 heteroatoms. The van der Waals surface area contributed by atoms with Crippen LogP contribution in [-0.4, -0.2) is 54.2 Å². The van der Waals surface area contributed by atoms with Crippen LogP contribution in [-0.2, 0) is 22.7 Å². The molecule has 0 bridgehead atoms. The molecule has 1 saturated heterocycles. The second-order valence-electron chi connectivity index (χ2n) is 13.7. The molecule has 4 heterocycles. The third-order valence-corrected chi connectivity index (χ3v) is 15.3. The highest BCUT2D eigenvalue weighted by molar-refractivity contribution is 8.30. The standard InChI is InChI=1S/C42H38N4O5S5/c1-4-43-38(50)35(55-40(43)36-39(51)44(5-2)42(52)56-36)41-45(23-34(47)48)37(49)33(54-41)22-26-15-20-32-30(21-26)29-7-6-8-31(29)46(32)27-16-11-24(12-17-27)9-10-25-13-18-28(53-3)19-14-25/h9-22,29,31H,4-8,23H2,1-3H3,(H,47,48)/b10-9?,33-22-,40-36+,41-35+. The van der Waals surface area contributed by atoms with Crippen LogP contribution in [0.4, 0.5) is 11.4 Å². The maximum atomic E-state index is 13.9. The van der Waals surface area contributed by atoms with Crippen LogP contribution in [0, 0.1) is 9.20 Å². The summed E-state index contributed by atoms with van der Waals surface area (Å²) in [5, 5.41) is 9.82. The van der Waals surface area contributed by atoms with E-state index in [0.717, 1.165) is 86.3 Å². The molecule has 3 aromatic carbocycles. The summed E-state index contributed by atoms with van der Waals surface area (Å²) in [5.74, 6) is -1.11. The molecule has 1 N–H and O–H groups in total. The molecular formula is C42H38N4O5S5. The zero-order chi connectivity index (χ0) is 39.2. The van der Waals surface area contributed by atoms with Crippen molar-refractivity contribution in [3.8, 4) is 0 Å². The number of hydrogen-bond donors (Lipinski definition) is 1. The molecule has 5 aromatic rings. The van der Waals surface area contributed by atoms with Crippen LogP contribution >= 0.6 is 58.4 Å². The van der Waals surface area contributed by atoms with Gasteiger partial charge in [-0.25, -0.2) is 0 Å². The van der Waals surface area contributed by atoms with E-state index in [1.165, 1.54) is 19.9 Å². The second-order valence-corrected chi connectivity index (χ2v) is 18.3. The van der Waals surface area contributed by atoms with Gasteiger partial charge in [-0.3, -0.25) is 33.2 Å². The third-order valence-electron chi connectivity index (χ3n) is 10.5. The summed E-state index contributed by atoms with van der Waals surface area (Å²) in [7, 11) is 0. The summed E-state index contributed by atoms with van der Waals surface area (Å²) in [6.07, 6.45) is 11.4. The Hall–Kier alpha value is -4.47. The highest BCUT2D eigenvalue weighted by Crippen LogP contribution is 2.52. The van der Waals surface area contributed by atoms with Crippen LogP contribution in [0.5, 0.6) is 0 Å². The van der Waals surface area contributed by atoms with Crippen molar-refractivity contribution in [2.24, 2.45) is 0 Å². The Balaban J connectivity index is 1.18. The van der Waals surface area contributed by atoms with Gasteiger partial charge in [-0.1, -0.05) is 72.9 Å². The summed E-state index contributed by atoms with van der Waals surface area (Å²) in [6.45, 7) is 3.75. The minimum Gasteiger partial charge on any atom is -0.480 e. The Bertz CT molecular complexity index is 2780. The number of fused-ring (bicyclic) bond motifs is 3. The van der Waals surface area contributed by atoms with Crippen LogP contribution in [0.15, 0.2) is 81.2 Å².